The van der Waals surface area contributed by atoms with Crippen LogP contribution in [0.4, 0.5) is 0 Å². The number of rotatable bonds is 2. The molecule has 1 saturated heterocycles. The lowest BCUT2D eigenvalue weighted by Crippen LogP contribution is -2.54. The molecule has 1 heterocycles. The van der Waals surface area contributed by atoms with Crippen LogP contribution in [0.25, 0.3) is 0 Å². The normalized spacial score (nSPS) is 42.2. The fourth-order valence-corrected chi connectivity index (χ4v) is 3.81. The Kier molecular flexibility index (Phi) is 4.26. The molecule has 0 aromatic carbocycles. The quantitative estimate of drug-likeness (QED) is 0.781. The van der Waals surface area contributed by atoms with Gasteiger partial charge in [-0.25, -0.2) is 0 Å². The highest BCUT2D eigenvalue weighted by Gasteiger charge is 2.33. The van der Waals surface area contributed by atoms with Crippen molar-refractivity contribution in [3.8, 4) is 0 Å². The van der Waals surface area contributed by atoms with Gasteiger partial charge in [-0.05, 0) is 44.1 Å². The zero-order valence-corrected chi connectivity index (χ0v) is 11.0. The maximum atomic E-state index is 5.98. The minimum absolute atomic E-state index is 0.657. The lowest BCUT2D eigenvalue weighted by Gasteiger charge is -2.46. The maximum Gasteiger partial charge on any atom is 0.0246 e. The number of nitrogens with zero attached hydrogens (tertiary/aromatic N) is 1. The molecule has 0 spiro atoms. The fraction of sp³-hybridized carbons (Fsp3) is 1.00. The average molecular weight is 224 g/mol. The van der Waals surface area contributed by atoms with E-state index in [1.807, 2.05) is 0 Å². The van der Waals surface area contributed by atoms with Gasteiger partial charge in [-0.3, -0.25) is 4.90 Å². The van der Waals surface area contributed by atoms with Crippen molar-refractivity contribution >= 4 is 0 Å². The minimum Gasteiger partial charge on any atom is -0.329 e. The van der Waals surface area contributed by atoms with Crippen LogP contribution in [0.3, 0.4) is 0 Å². The number of nitrogens with two attached hydrogens (primary N) is 1. The molecular weight excluding hydrogens is 196 g/mol. The first-order chi connectivity index (χ1) is 7.72. The van der Waals surface area contributed by atoms with E-state index in [4.69, 9.17) is 5.73 Å². The van der Waals surface area contributed by atoms with E-state index in [0.717, 1.165) is 24.4 Å². The van der Waals surface area contributed by atoms with Gasteiger partial charge in [0.2, 0.25) is 0 Å². The molecule has 2 N–H and O–H groups in total. The third-order valence-electron chi connectivity index (χ3n) is 4.78. The number of hydrogen-bond donors (Lipinski definition) is 1. The van der Waals surface area contributed by atoms with Gasteiger partial charge >= 0.3 is 0 Å². The van der Waals surface area contributed by atoms with E-state index in [2.05, 4.69) is 18.7 Å². The fourth-order valence-electron chi connectivity index (χ4n) is 3.81. The standard InChI is InChI=1S/C14H28N2/c1-11-5-3-7-13(9-11)16-8-4-6-12(2)14(16)10-15/h11-14H,3-10,15H2,1-2H3. The van der Waals surface area contributed by atoms with E-state index in [1.165, 1.54) is 45.1 Å². The first-order valence-electron chi connectivity index (χ1n) is 7.18. The van der Waals surface area contributed by atoms with Crippen molar-refractivity contribution < 1.29 is 0 Å². The summed E-state index contributed by atoms with van der Waals surface area (Å²) in [6, 6.07) is 1.49. The molecule has 1 saturated carbocycles. The topological polar surface area (TPSA) is 29.3 Å². The first-order valence-corrected chi connectivity index (χ1v) is 7.18. The zero-order valence-electron chi connectivity index (χ0n) is 11.0. The third-order valence-corrected chi connectivity index (χ3v) is 4.78. The predicted molar refractivity (Wildman–Crippen MR) is 69.4 cm³/mol. The minimum atomic E-state index is 0.657. The highest BCUT2D eigenvalue weighted by atomic mass is 15.2. The van der Waals surface area contributed by atoms with Crippen molar-refractivity contribution in [3.05, 3.63) is 0 Å². The van der Waals surface area contributed by atoms with Crippen LogP contribution >= 0.6 is 0 Å². The van der Waals surface area contributed by atoms with Gasteiger partial charge in [0.25, 0.3) is 0 Å². The molecule has 2 aliphatic rings. The average Bonchev–Trinajstić information content (AvgIpc) is 2.28. The Morgan fingerprint density at radius 2 is 1.94 bits per heavy atom. The van der Waals surface area contributed by atoms with Crippen molar-refractivity contribution in [2.24, 2.45) is 17.6 Å². The zero-order chi connectivity index (χ0) is 11.5. The Bertz CT molecular complexity index is 217. The van der Waals surface area contributed by atoms with Crippen molar-refractivity contribution in [2.75, 3.05) is 13.1 Å². The second-order valence-corrected chi connectivity index (χ2v) is 6.09. The summed E-state index contributed by atoms with van der Waals surface area (Å²) in [4.78, 5) is 2.75. The summed E-state index contributed by atoms with van der Waals surface area (Å²) in [7, 11) is 0. The summed E-state index contributed by atoms with van der Waals surface area (Å²) in [5, 5.41) is 0. The number of piperidine rings is 1. The van der Waals surface area contributed by atoms with Crippen molar-refractivity contribution in [1.82, 2.24) is 4.90 Å². The summed E-state index contributed by atoms with van der Waals surface area (Å²) in [5.41, 5.74) is 5.98. The molecule has 2 nitrogen and oxygen atoms in total. The van der Waals surface area contributed by atoms with Crippen LogP contribution in [0.1, 0.15) is 52.4 Å². The highest BCUT2D eigenvalue weighted by Crippen LogP contribution is 2.32. The van der Waals surface area contributed by atoms with Gasteiger partial charge in [0.15, 0.2) is 0 Å². The highest BCUT2D eigenvalue weighted by molar-refractivity contribution is 4.89. The van der Waals surface area contributed by atoms with Crippen molar-refractivity contribution in [2.45, 2.75) is 64.5 Å². The number of hydrogen-bond acceptors (Lipinski definition) is 2. The molecule has 2 heteroatoms. The van der Waals surface area contributed by atoms with Crippen LogP contribution in [0.15, 0.2) is 0 Å². The molecule has 0 aromatic rings. The second-order valence-electron chi connectivity index (χ2n) is 6.09. The molecule has 0 bridgehead atoms. The first kappa shape index (κ1) is 12.4. The lowest BCUT2D eigenvalue weighted by molar-refractivity contribution is 0.0360. The van der Waals surface area contributed by atoms with E-state index >= 15 is 0 Å². The molecule has 4 atom stereocenters. The lowest BCUT2D eigenvalue weighted by atomic mass is 9.82. The van der Waals surface area contributed by atoms with Gasteiger partial charge in [0, 0.05) is 18.6 Å². The largest absolute Gasteiger partial charge is 0.329 e. The van der Waals surface area contributed by atoms with E-state index in [-0.39, 0.29) is 0 Å². The van der Waals surface area contributed by atoms with Gasteiger partial charge in [0.05, 0.1) is 0 Å². The van der Waals surface area contributed by atoms with E-state index in [9.17, 15) is 0 Å². The summed E-state index contributed by atoms with van der Waals surface area (Å²) >= 11 is 0. The van der Waals surface area contributed by atoms with E-state index in [1.54, 1.807) is 0 Å². The van der Waals surface area contributed by atoms with Crippen LogP contribution in [-0.2, 0) is 0 Å². The van der Waals surface area contributed by atoms with Crippen molar-refractivity contribution in [1.29, 1.82) is 0 Å². The van der Waals surface area contributed by atoms with Crippen molar-refractivity contribution in [3.63, 3.8) is 0 Å². The smallest absolute Gasteiger partial charge is 0.0246 e. The monoisotopic (exact) mass is 224 g/mol. The summed E-state index contributed by atoms with van der Waals surface area (Å²) in [6.07, 6.45) is 8.43. The Morgan fingerprint density at radius 1 is 1.12 bits per heavy atom. The van der Waals surface area contributed by atoms with Crippen LogP contribution in [-0.4, -0.2) is 30.1 Å². The van der Waals surface area contributed by atoms with Crippen LogP contribution in [0.2, 0.25) is 0 Å². The summed E-state index contributed by atoms with van der Waals surface area (Å²) in [6.45, 7) is 6.95. The second kappa shape index (κ2) is 5.50. The van der Waals surface area contributed by atoms with Crippen LogP contribution in [0, 0.1) is 11.8 Å². The molecule has 2 fully saturated rings. The molecule has 1 aliphatic carbocycles. The molecule has 94 valence electrons. The number of likely N-dealkylation sites (tertiary alicyclic amines) is 1. The molecule has 4 unspecified atom stereocenters. The third kappa shape index (κ3) is 2.60. The molecule has 0 radical (unpaired) electrons. The Labute approximate surface area is 101 Å². The van der Waals surface area contributed by atoms with Crippen LogP contribution in [0.5, 0.6) is 0 Å². The summed E-state index contributed by atoms with van der Waals surface area (Å²) in [5.74, 6) is 1.73. The van der Waals surface area contributed by atoms with Gasteiger partial charge in [-0.2, -0.15) is 0 Å². The van der Waals surface area contributed by atoms with E-state index in [0.29, 0.717) is 6.04 Å². The maximum absolute atomic E-state index is 5.98. The molecule has 1 aliphatic heterocycles. The van der Waals surface area contributed by atoms with Gasteiger partial charge in [-0.15, -0.1) is 0 Å². The van der Waals surface area contributed by atoms with E-state index < -0.39 is 0 Å². The predicted octanol–water partition coefficient (Wildman–Crippen LogP) is 2.62. The Hall–Kier alpha value is -0.0800. The SMILES string of the molecule is CC1CCCC(N2CCCC(C)C2CN)C1. The Balaban J connectivity index is 1.99. The van der Waals surface area contributed by atoms with Gasteiger partial charge in [0.1, 0.15) is 0 Å². The van der Waals surface area contributed by atoms with Gasteiger partial charge in [-0.1, -0.05) is 26.7 Å². The summed E-state index contributed by atoms with van der Waals surface area (Å²) < 4.78 is 0. The molecular formula is C14H28N2. The molecule has 16 heavy (non-hydrogen) atoms. The van der Waals surface area contributed by atoms with Gasteiger partial charge < -0.3 is 5.73 Å². The molecule has 0 aromatic heterocycles. The van der Waals surface area contributed by atoms with Crippen LogP contribution < -0.4 is 5.73 Å². The molecule has 0 amide bonds. The Morgan fingerprint density at radius 3 is 2.62 bits per heavy atom. The molecule has 2 rings (SSSR count).